The third-order valence-electron chi connectivity index (χ3n) is 4.61. The molecule has 5 heteroatoms. The Hall–Kier alpha value is -2.35. The number of benzene rings is 1. The molecule has 0 radical (unpaired) electrons. The van der Waals surface area contributed by atoms with Crippen LogP contribution in [0.2, 0.25) is 0 Å². The maximum Gasteiger partial charge on any atom is 0.303 e. The molecule has 1 rings (SSSR count). The molecule has 5 nitrogen and oxygen atoms in total. The number of aliphatic carboxylic acids is 2. The first-order valence-corrected chi connectivity index (χ1v) is 8.61. The first-order valence-electron chi connectivity index (χ1n) is 8.61. The fourth-order valence-corrected chi connectivity index (χ4v) is 2.85. The Bertz CT molecular complexity index is 627. The number of hydrogen-bond acceptors (Lipinski definition) is 3. The Morgan fingerprint density at radius 2 is 1.36 bits per heavy atom. The minimum Gasteiger partial charge on any atom is -0.481 e. The van der Waals surface area contributed by atoms with Crippen molar-refractivity contribution in [3.05, 3.63) is 34.9 Å². The van der Waals surface area contributed by atoms with E-state index in [1.54, 1.807) is 0 Å². The van der Waals surface area contributed by atoms with Gasteiger partial charge in [0, 0.05) is 12.8 Å². The molecule has 0 unspecified atom stereocenters. The molecule has 1 aromatic rings. The lowest BCUT2D eigenvalue weighted by Crippen LogP contribution is -2.27. The summed E-state index contributed by atoms with van der Waals surface area (Å²) in [5.74, 6) is -1.46. The number of nitrogens with zero attached hydrogens (tertiary/aromatic N) is 1. The van der Waals surface area contributed by atoms with Gasteiger partial charge in [0.05, 0.1) is 11.5 Å². The van der Waals surface area contributed by atoms with E-state index in [1.807, 2.05) is 12.1 Å². The number of carboxylic acids is 2. The third-order valence-corrected chi connectivity index (χ3v) is 4.61. The molecule has 25 heavy (non-hydrogen) atoms. The Labute approximate surface area is 149 Å². The van der Waals surface area contributed by atoms with Crippen LogP contribution in [-0.4, -0.2) is 22.2 Å². The molecule has 0 aliphatic rings. The predicted molar refractivity (Wildman–Crippen MR) is 95.7 cm³/mol. The van der Waals surface area contributed by atoms with Crippen LogP contribution in [0.15, 0.2) is 18.2 Å². The van der Waals surface area contributed by atoms with Gasteiger partial charge in [0.2, 0.25) is 0 Å². The summed E-state index contributed by atoms with van der Waals surface area (Å²) < 4.78 is 0. The van der Waals surface area contributed by atoms with E-state index in [4.69, 9.17) is 10.2 Å². The monoisotopic (exact) mass is 345 g/mol. The van der Waals surface area contributed by atoms with Crippen LogP contribution in [-0.2, 0) is 15.0 Å². The Morgan fingerprint density at radius 1 is 0.960 bits per heavy atom. The van der Waals surface area contributed by atoms with Gasteiger partial charge in [-0.25, -0.2) is 0 Å². The highest BCUT2D eigenvalue weighted by molar-refractivity contribution is 5.68. The summed E-state index contributed by atoms with van der Waals surface area (Å²) in [7, 11) is 0. The highest BCUT2D eigenvalue weighted by Gasteiger charge is 2.34. The van der Waals surface area contributed by atoms with Crippen molar-refractivity contribution in [2.45, 2.75) is 70.6 Å². The first-order chi connectivity index (χ1) is 11.6. The van der Waals surface area contributed by atoms with E-state index in [0.29, 0.717) is 0 Å². The van der Waals surface area contributed by atoms with Gasteiger partial charge in [-0.05, 0) is 41.4 Å². The van der Waals surface area contributed by atoms with Crippen LogP contribution >= 0.6 is 0 Å². The zero-order valence-electron chi connectivity index (χ0n) is 15.4. The van der Waals surface area contributed by atoms with Crippen molar-refractivity contribution < 1.29 is 19.8 Å². The molecule has 0 saturated carbocycles. The number of carbonyl (C=O) groups is 2. The maximum absolute atomic E-state index is 11.1. The number of hydrogen-bond donors (Lipinski definition) is 2. The first kappa shape index (κ1) is 20.7. The molecular formula is C20H27NO4. The average Bonchev–Trinajstić information content (AvgIpc) is 2.54. The van der Waals surface area contributed by atoms with Gasteiger partial charge in [-0.3, -0.25) is 9.59 Å². The van der Waals surface area contributed by atoms with Crippen molar-refractivity contribution in [1.82, 2.24) is 0 Å². The second-order valence-electron chi connectivity index (χ2n) is 7.18. The van der Waals surface area contributed by atoms with E-state index in [1.165, 1.54) is 0 Å². The van der Waals surface area contributed by atoms with Crippen molar-refractivity contribution in [3.63, 3.8) is 0 Å². The van der Waals surface area contributed by atoms with Gasteiger partial charge in [-0.15, -0.1) is 0 Å². The molecule has 0 saturated heterocycles. The summed E-state index contributed by atoms with van der Waals surface area (Å²) in [6.07, 6.45) is -0.136. The molecule has 0 atom stereocenters. The van der Waals surface area contributed by atoms with E-state index in [-0.39, 0.29) is 37.5 Å². The van der Waals surface area contributed by atoms with Gasteiger partial charge < -0.3 is 10.2 Å². The lowest BCUT2D eigenvalue weighted by Gasteiger charge is -2.28. The molecule has 1 aromatic carbocycles. The van der Waals surface area contributed by atoms with Gasteiger partial charge in [-0.1, -0.05) is 45.9 Å². The van der Waals surface area contributed by atoms with E-state index < -0.39 is 17.4 Å². The normalized spacial score (nSPS) is 11.6. The van der Waals surface area contributed by atoms with E-state index >= 15 is 0 Å². The van der Waals surface area contributed by atoms with Crippen molar-refractivity contribution >= 4 is 11.9 Å². The van der Waals surface area contributed by atoms with E-state index in [2.05, 4.69) is 39.8 Å². The Morgan fingerprint density at radius 3 is 1.64 bits per heavy atom. The Kier molecular flexibility index (Phi) is 7.17. The minimum absolute atomic E-state index is 0.102. The minimum atomic E-state index is -1.11. The highest BCUT2D eigenvalue weighted by Crippen LogP contribution is 2.37. The molecule has 0 amide bonds. The fourth-order valence-electron chi connectivity index (χ4n) is 2.85. The molecule has 136 valence electrons. The largest absolute Gasteiger partial charge is 0.481 e. The third kappa shape index (κ3) is 5.60. The number of rotatable bonds is 9. The van der Waals surface area contributed by atoms with Gasteiger partial charge >= 0.3 is 11.9 Å². The SMILES string of the molecule is CC(C)c1cc(C(C)C)cc(C(C#N)(CCC(=O)O)CCC(=O)O)c1. The van der Waals surface area contributed by atoms with Crippen LogP contribution in [0.25, 0.3) is 0 Å². The highest BCUT2D eigenvalue weighted by atomic mass is 16.4. The smallest absolute Gasteiger partial charge is 0.303 e. The fraction of sp³-hybridized carbons (Fsp3) is 0.550. The summed E-state index contributed by atoms with van der Waals surface area (Å²) >= 11 is 0. The summed E-state index contributed by atoms with van der Waals surface area (Å²) in [6, 6.07) is 8.22. The van der Waals surface area contributed by atoms with Crippen LogP contribution in [0.4, 0.5) is 0 Å². The zero-order valence-corrected chi connectivity index (χ0v) is 15.4. The van der Waals surface area contributed by atoms with Gasteiger partial charge in [-0.2, -0.15) is 5.26 Å². The van der Waals surface area contributed by atoms with Crippen LogP contribution in [0.3, 0.4) is 0 Å². The standard InChI is InChI=1S/C20H27NO4/c1-13(2)15-9-16(14(3)4)11-17(10-15)20(12-21,7-5-18(22)23)8-6-19(24)25/h9-11,13-14H,5-8H2,1-4H3,(H,22,23)(H,24,25). The van der Waals surface area contributed by atoms with Gasteiger partial charge in [0.25, 0.3) is 0 Å². The summed E-state index contributed by atoms with van der Waals surface area (Å²) in [5.41, 5.74) is 1.77. The topological polar surface area (TPSA) is 98.4 Å². The summed E-state index contributed by atoms with van der Waals surface area (Å²) in [6.45, 7) is 8.25. The molecule has 0 bridgehead atoms. The van der Waals surface area contributed by atoms with E-state index in [0.717, 1.165) is 16.7 Å². The quantitative estimate of drug-likeness (QED) is 0.690. The van der Waals surface area contributed by atoms with Crippen LogP contribution in [0.1, 0.15) is 81.9 Å². The van der Waals surface area contributed by atoms with Crippen molar-refractivity contribution in [2.75, 3.05) is 0 Å². The summed E-state index contributed by atoms with van der Waals surface area (Å²) in [4.78, 5) is 22.1. The van der Waals surface area contributed by atoms with Crippen molar-refractivity contribution in [2.24, 2.45) is 0 Å². The average molecular weight is 345 g/mol. The number of carboxylic acid groups (broad SMARTS) is 2. The van der Waals surface area contributed by atoms with E-state index in [9.17, 15) is 14.9 Å². The van der Waals surface area contributed by atoms with Crippen molar-refractivity contribution in [3.8, 4) is 6.07 Å². The zero-order chi connectivity index (χ0) is 19.2. The maximum atomic E-state index is 11.1. The molecule has 0 aromatic heterocycles. The molecule has 0 aliphatic carbocycles. The molecule has 2 N–H and O–H groups in total. The van der Waals surface area contributed by atoms with Crippen LogP contribution in [0.5, 0.6) is 0 Å². The molecule has 0 fully saturated rings. The second-order valence-corrected chi connectivity index (χ2v) is 7.18. The van der Waals surface area contributed by atoms with Crippen molar-refractivity contribution in [1.29, 1.82) is 5.26 Å². The van der Waals surface area contributed by atoms with Crippen LogP contribution in [0, 0.1) is 11.3 Å². The molecule has 0 aliphatic heterocycles. The number of nitriles is 1. The molecular weight excluding hydrogens is 318 g/mol. The lowest BCUT2D eigenvalue weighted by atomic mass is 9.72. The van der Waals surface area contributed by atoms with Gasteiger partial charge in [0.15, 0.2) is 0 Å². The lowest BCUT2D eigenvalue weighted by molar-refractivity contribution is -0.137. The van der Waals surface area contributed by atoms with Gasteiger partial charge in [0.1, 0.15) is 0 Å². The summed E-state index contributed by atoms with van der Waals surface area (Å²) in [5, 5.41) is 28.0. The molecule has 0 heterocycles. The second kappa shape index (κ2) is 8.66. The molecule has 0 spiro atoms. The predicted octanol–water partition coefficient (Wildman–Crippen LogP) is 4.42. The van der Waals surface area contributed by atoms with Crippen LogP contribution < -0.4 is 0 Å². The Balaban J connectivity index is 3.47.